The molecule has 0 fully saturated rings. The van der Waals surface area contributed by atoms with Gasteiger partial charge in [0.05, 0.1) is 0 Å². The Hall–Kier alpha value is -3.42. The highest BCUT2D eigenvalue weighted by molar-refractivity contribution is 5.96. The molecule has 0 saturated carbocycles. The molecule has 0 aliphatic heterocycles. The maximum Gasteiger partial charge on any atom is 0.251 e. The average Bonchev–Trinajstić information content (AvgIpc) is 2.62. The fourth-order valence-corrected chi connectivity index (χ4v) is 2.20. The number of benzene rings is 2. The van der Waals surface area contributed by atoms with E-state index in [-0.39, 0.29) is 24.6 Å². The molecule has 0 bridgehead atoms. The Bertz CT molecular complexity index is 780. The Labute approximate surface area is 150 Å². The van der Waals surface area contributed by atoms with Gasteiger partial charge >= 0.3 is 0 Å². The van der Waals surface area contributed by atoms with Crippen molar-refractivity contribution in [3.05, 3.63) is 47.5 Å². The SMILES string of the molecule is CN(C)c1ccc(C(=O)NCCNC(=O)c2cc(O)c(O)c(O)c2)cc1. The molecular weight excluding hydrogens is 338 g/mol. The number of rotatable bonds is 6. The summed E-state index contributed by atoms with van der Waals surface area (Å²) in [5, 5.41) is 33.3. The van der Waals surface area contributed by atoms with Crippen LogP contribution >= 0.6 is 0 Å². The number of nitrogens with zero attached hydrogens (tertiary/aromatic N) is 1. The van der Waals surface area contributed by atoms with Crippen molar-refractivity contribution in [1.82, 2.24) is 10.6 Å². The van der Waals surface area contributed by atoms with Gasteiger partial charge in [0, 0.05) is 44.0 Å². The zero-order valence-electron chi connectivity index (χ0n) is 14.5. The Kier molecular flexibility index (Phi) is 5.90. The van der Waals surface area contributed by atoms with E-state index in [9.17, 15) is 24.9 Å². The first kappa shape index (κ1) is 18.9. The maximum absolute atomic E-state index is 12.0. The zero-order valence-corrected chi connectivity index (χ0v) is 14.5. The molecule has 0 spiro atoms. The van der Waals surface area contributed by atoms with Crippen LogP contribution < -0.4 is 15.5 Å². The molecule has 5 N–H and O–H groups in total. The monoisotopic (exact) mass is 359 g/mol. The molecule has 0 aliphatic carbocycles. The van der Waals surface area contributed by atoms with Crippen molar-refractivity contribution in [3.63, 3.8) is 0 Å². The van der Waals surface area contributed by atoms with E-state index in [4.69, 9.17) is 0 Å². The highest BCUT2D eigenvalue weighted by atomic mass is 16.3. The van der Waals surface area contributed by atoms with Gasteiger partial charge < -0.3 is 30.9 Å². The Morgan fingerprint density at radius 2 is 1.31 bits per heavy atom. The number of anilines is 1. The first-order valence-corrected chi connectivity index (χ1v) is 7.88. The van der Waals surface area contributed by atoms with E-state index in [1.807, 2.05) is 31.1 Å². The Balaban J connectivity index is 1.82. The van der Waals surface area contributed by atoms with Gasteiger partial charge in [0.15, 0.2) is 17.2 Å². The summed E-state index contributed by atoms with van der Waals surface area (Å²) in [6.45, 7) is 0.360. The molecule has 138 valence electrons. The van der Waals surface area contributed by atoms with Crippen molar-refractivity contribution in [2.75, 3.05) is 32.1 Å². The third-order valence-corrected chi connectivity index (χ3v) is 3.67. The zero-order chi connectivity index (χ0) is 19.3. The van der Waals surface area contributed by atoms with Crippen molar-refractivity contribution >= 4 is 17.5 Å². The molecule has 0 aliphatic rings. The van der Waals surface area contributed by atoms with E-state index in [1.165, 1.54) is 0 Å². The van der Waals surface area contributed by atoms with Crippen LogP contribution in [0.2, 0.25) is 0 Å². The van der Waals surface area contributed by atoms with Gasteiger partial charge in [-0.25, -0.2) is 0 Å². The maximum atomic E-state index is 12.0. The molecule has 2 aromatic carbocycles. The van der Waals surface area contributed by atoms with E-state index in [2.05, 4.69) is 10.6 Å². The van der Waals surface area contributed by atoms with Gasteiger partial charge in [-0.2, -0.15) is 0 Å². The summed E-state index contributed by atoms with van der Waals surface area (Å²) in [4.78, 5) is 25.9. The Morgan fingerprint density at radius 3 is 1.77 bits per heavy atom. The molecule has 2 aromatic rings. The molecule has 0 atom stereocenters. The molecule has 0 unspecified atom stereocenters. The highest BCUT2D eigenvalue weighted by Gasteiger charge is 2.13. The lowest BCUT2D eigenvalue weighted by atomic mass is 10.1. The van der Waals surface area contributed by atoms with Crippen molar-refractivity contribution in [2.24, 2.45) is 0 Å². The van der Waals surface area contributed by atoms with Gasteiger partial charge in [-0.15, -0.1) is 0 Å². The third-order valence-electron chi connectivity index (χ3n) is 3.67. The number of phenols is 3. The van der Waals surface area contributed by atoms with E-state index in [1.54, 1.807) is 12.1 Å². The first-order valence-electron chi connectivity index (χ1n) is 7.88. The minimum Gasteiger partial charge on any atom is -0.504 e. The number of hydrogen-bond acceptors (Lipinski definition) is 6. The molecule has 0 radical (unpaired) electrons. The number of amides is 2. The second kappa shape index (κ2) is 8.11. The molecule has 26 heavy (non-hydrogen) atoms. The molecular formula is C18H21N3O5. The molecule has 2 amide bonds. The van der Waals surface area contributed by atoms with Crippen LogP contribution in [0.15, 0.2) is 36.4 Å². The number of nitrogens with one attached hydrogen (secondary N) is 2. The van der Waals surface area contributed by atoms with Gasteiger partial charge in [0.2, 0.25) is 0 Å². The fraction of sp³-hybridized carbons (Fsp3) is 0.222. The van der Waals surface area contributed by atoms with Crippen molar-refractivity contribution in [3.8, 4) is 17.2 Å². The largest absolute Gasteiger partial charge is 0.504 e. The summed E-state index contributed by atoms with van der Waals surface area (Å²) >= 11 is 0. The summed E-state index contributed by atoms with van der Waals surface area (Å²) in [5.41, 5.74) is 1.48. The molecule has 2 rings (SSSR count). The fourth-order valence-electron chi connectivity index (χ4n) is 2.20. The van der Waals surface area contributed by atoms with Crippen LogP contribution in [0.5, 0.6) is 17.2 Å². The van der Waals surface area contributed by atoms with Crippen molar-refractivity contribution in [2.45, 2.75) is 0 Å². The quantitative estimate of drug-likeness (QED) is 0.388. The van der Waals surface area contributed by atoms with Gasteiger partial charge in [0.25, 0.3) is 11.8 Å². The van der Waals surface area contributed by atoms with Crippen LogP contribution in [0.4, 0.5) is 5.69 Å². The predicted molar refractivity (Wildman–Crippen MR) is 96.9 cm³/mol. The van der Waals surface area contributed by atoms with Gasteiger partial charge in [-0.1, -0.05) is 0 Å². The number of hydrogen-bond donors (Lipinski definition) is 5. The van der Waals surface area contributed by atoms with E-state index in [0.717, 1.165) is 17.8 Å². The standard InChI is InChI=1S/C18H21N3O5/c1-21(2)13-5-3-11(4-6-13)17(25)19-7-8-20-18(26)12-9-14(22)16(24)15(23)10-12/h3-6,9-10,22-24H,7-8H2,1-2H3,(H,19,25)(H,20,26). The van der Waals surface area contributed by atoms with Gasteiger partial charge in [-0.3, -0.25) is 9.59 Å². The molecule has 0 saturated heterocycles. The molecule has 8 nitrogen and oxygen atoms in total. The molecule has 8 heteroatoms. The minimum absolute atomic E-state index is 0.0107. The lowest BCUT2D eigenvalue weighted by molar-refractivity contribution is 0.0927. The first-order chi connectivity index (χ1) is 12.3. The third kappa shape index (κ3) is 4.56. The van der Waals surface area contributed by atoms with Crippen molar-refractivity contribution < 1.29 is 24.9 Å². The second-order valence-corrected chi connectivity index (χ2v) is 5.82. The van der Waals surface area contributed by atoms with Crippen molar-refractivity contribution in [1.29, 1.82) is 0 Å². The topological polar surface area (TPSA) is 122 Å². The highest BCUT2D eigenvalue weighted by Crippen LogP contribution is 2.35. The summed E-state index contributed by atoms with van der Waals surface area (Å²) in [7, 11) is 3.82. The Morgan fingerprint density at radius 1 is 0.846 bits per heavy atom. The summed E-state index contributed by atoms with van der Waals surface area (Å²) in [5.74, 6) is -2.69. The van der Waals surface area contributed by atoms with E-state index < -0.39 is 23.2 Å². The lowest BCUT2D eigenvalue weighted by Gasteiger charge is -2.12. The molecule has 0 aromatic heterocycles. The number of aromatic hydroxyl groups is 3. The number of carbonyl (C=O) groups is 2. The smallest absolute Gasteiger partial charge is 0.251 e. The summed E-state index contributed by atoms with van der Waals surface area (Å²) in [6, 6.07) is 9.17. The molecule has 0 heterocycles. The van der Waals surface area contributed by atoms with Crippen LogP contribution in [0.1, 0.15) is 20.7 Å². The number of phenolic OH excluding ortho intramolecular Hbond substituents is 3. The second-order valence-electron chi connectivity index (χ2n) is 5.82. The minimum atomic E-state index is -0.686. The summed E-state index contributed by atoms with van der Waals surface area (Å²) in [6.07, 6.45) is 0. The van der Waals surface area contributed by atoms with Gasteiger partial charge in [-0.05, 0) is 36.4 Å². The normalized spacial score (nSPS) is 10.2. The van der Waals surface area contributed by atoms with E-state index in [0.29, 0.717) is 5.56 Å². The number of carbonyl (C=O) groups excluding carboxylic acids is 2. The van der Waals surface area contributed by atoms with Gasteiger partial charge in [0.1, 0.15) is 0 Å². The van der Waals surface area contributed by atoms with Crippen LogP contribution in [0.3, 0.4) is 0 Å². The van der Waals surface area contributed by atoms with E-state index >= 15 is 0 Å². The van der Waals surface area contributed by atoms with Crippen LogP contribution in [-0.2, 0) is 0 Å². The van der Waals surface area contributed by atoms with Crippen LogP contribution in [-0.4, -0.2) is 54.3 Å². The average molecular weight is 359 g/mol. The lowest BCUT2D eigenvalue weighted by Crippen LogP contribution is -2.34. The predicted octanol–water partition coefficient (Wildman–Crippen LogP) is 1.03. The summed E-state index contributed by atoms with van der Waals surface area (Å²) < 4.78 is 0. The van der Waals surface area contributed by atoms with Crippen LogP contribution in [0.25, 0.3) is 0 Å². The van der Waals surface area contributed by atoms with Crippen LogP contribution in [0, 0.1) is 0 Å².